The molecule has 0 saturated carbocycles. The van der Waals surface area contributed by atoms with Crippen molar-refractivity contribution < 1.29 is 9.53 Å². The third-order valence-corrected chi connectivity index (χ3v) is 8.04. The first-order chi connectivity index (χ1) is 16.5. The van der Waals surface area contributed by atoms with Gasteiger partial charge in [-0.2, -0.15) is 0 Å². The molecule has 2 aliphatic rings. The molecule has 0 radical (unpaired) electrons. The number of benzene rings is 2. The molecule has 5 nitrogen and oxygen atoms in total. The molecule has 3 heterocycles. The minimum absolute atomic E-state index is 0.00678. The lowest BCUT2D eigenvalue weighted by atomic mass is 9.74. The van der Waals surface area contributed by atoms with Gasteiger partial charge in [0.15, 0.2) is 6.10 Å². The first-order valence-corrected chi connectivity index (χ1v) is 12.8. The Labute approximate surface area is 203 Å². The summed E-state index contributed by atoms with van der Waals surface area (Å²) in [6.45, 7) is 5.74. The van der Waals surface area contributed by atoms with E-state index < -0.39 is 6.10 Å². The van der Waals surface area contributed by atoms with Crippen LogP contribution in [0.2, 0.25) is 0 Å². The van der Waals surface area contributed by atoms with E-state index in [1.807, 2.05) is 19.1 Å². The summed E-state index contributed by atoms with van der Waals surface area (Å²) in [5.41, 5.74) is 4.06. The van der Waals surface area contributed by atoms with Gasteiger partial charge in [0.05, 0.1) is 0 Å². The van der Waals surface area contributed by atoms with E-state index in [0.29, 0.717) is 0 Å². The molecule has 1 saturated heterocycles. The van der Waals surface area contributed by atoms with E-state index in [2.05, 4.69) is 64.3 Å². The number of nitrogens with zero attached hydrogens (tertiary/aromatic N) is 2. The van der Waals surface area contributed by atoms with Gasteiger partial charge in [-0.05, 0) is 86.7 Å². The minimum atomic E-state index is -0.482. The van der Waals surface area contributed by atoms with E-state index in [4.69, 9.17) is 4.74 Å². The molecule has 3 aromatic rings. The number of aryl methyl sites for hydroxylation is 2. The van der Waals surface area contributed by atoms with Crippen LogP contribution in [-0.4, -0.2) is 41.1 Å². The molecule has 1 atom stereocenters. The second-order valence-corrected chi connectivity index (χ2v) is 10.3. The number of hydrogen-bond acceptors (Lipinski definition) is 3. The average Bonchev–Trinajstić information content (AvgIpc) is 3.17. The summed E-state index contributed by atoms with van der Waals surface area (Å²) in [6, 6.07) is 19.1. The summed E-state index contributed by atoms with van der Waals surface area (Å²) < 4.78 is 8.38. The van der Waals surface area contributed by atoms with Gasteiger partial charge in [0, 0.05) is 31.3 Å². The van der Waals surface area contributed by atoms with E-state index in [1.54, 1.807) is 0 Å². The van der Waals surface area contributed by atoms with E-state index in [1.165, 1.54) is 35.0 Å². The molecular formula is C29H37N3O2. The lowest BCUT2D eigenvalue weighted by Crippen LogP contribution is -2.48. The van der Waals surface area contributed by atoms with Crippen molar-refractivity contribution in [2.45, 2.75) is 58.1 Å². The maximum absolute atomic E-state index is 12.8. The zero-order valence-corrected chi connectivity index (χ0v) is 20.6. The number of carbonyl (C=O) groups is 1. The van der Waals surface area contributed by atoms with E-state index in [-0.39, 0.29) is 11.3 Å². The highest BCUT2D eigenvalue weighted by atomic mass is 16.5. The van der Waals surface area contributed by atoms with Crippen LogP contribution in [0.15, 0.2) is 54.6 Å². The molecule has 5 rings (SSSR count). The van der Waals surface area contributed by atoms with Crippen molar-refractivity contribution in [3.63, 3.8) is 0 Å². The van der Waals surface area contributed by atoms with Crippen LogP contribution in [-0.2, 0) is 24.8 Å². The predicted molar refractivity (Wildman–Crippen MR) is 137 cm³/mol. The maximum Gasteiger partial charge on any atom is 0.260 e. The third kappa shape index (κ3) is 4.85. The molecule has 180 valence electrons. The number of fused-ring (bicyclic) bond motifs is 2. The van der Waals surface area contributed by atoms with Crippen LogP contribution in [0.3, 0.4) is 0 Å². The van der Waals surface area contributed by atoms with Crippen molar-refractivity contribution in [3.05, 3.63) is 65.9 Å². The standard InChI is InChI=1S/C29H37N3O2/c1-22-28(33)30-21-29(14-8-7-10-23-9-4-6-13-27(23)34-22)15-17-32(18-16-29)20-25-19-24-11-3-5-12-26(24)31(25)2/h3-6,9,11-13,19,22H,7-8,10,14-18,20-21H2,1-2H3,(H,30,33)/t22-/m1/s1. The maximum atomic E-state index is 12.8. The zero-order chi connectivity index (χ0) is 23.5. The lowest BCUT2D eigenvalue weighted by Gasteiger charge is -2.42. The number of para-hydroxylation sites is 2. The monoisotopic (exact) mass is 459 g/mol. The molecule has 0 aliphatic carbocycles. The number of ether oxygens (including phenoxy) is 1. The summed E-state index contributed by atoms with van der Waals surface area (Å²) in [7, 11) is 2.17. The lowest BCUT2D eigenvalue weighted by molar-refractivity contribution is -0.128. The van der Waals surface area contributed by atoms with Gasteiger partial charge in [0.25, 0.3) is 5.91 Å². The van der Waals surface area contributed by atoms with Crippen LogP contribution in [0, 0.1) is 5.41 Å². The van der Waals surface area contributed by atoms with Gasteiger partial charge in [-0.25, -0.2) is 0 Å². The fraction of sp³-hybridized carbons (Fsp3) is 0.483. The van der Waals surface area contributed by atoms with Crippen molar-refractivity contribution in [2.24, 2.45) is 12.5 Å². The van der Waals surface area contributed by atoms with Gasteiger partial charge in [-0.15, -0.1) is 0 Å². The van der Waals surface area contributed by atoms with Crippen molar-refractivity contribution in [2.75, 3.05) is 19.6 Å². The second-order valence-electron chi connectivity index (χ2n) is 10.3. The Hall–Kier alpha value is -2.79. The average molecular weight is 460 g/mol. The minimum Gasteiger partial charge on any atom is -0.481 e. The molecule has 1 amide bonds. The van der Waals surface area contributed by atoms with Crippen molar-refractivity contribution in [1.82, 2.24) is 14.8 Å². The first kappa shape index (κ1) is 23.0. The van der Waals surface area contributed by atoms with Crippen LogP contribution in [0.4, 0.5) is 0 Å². The Morgan fingerprint density at radius 3 is 2.62 bits per heavy atom. The number of aromatic nitrogens is 1. The first-order valence-electron chi connectivity index (χ1n) is 12.8. The number of nitrogens with one attached hydrogen (secondary N) is 1. The summed E-state index contributed by atoms with van der Waals surface area (Å²) in [4.78, 5) is 15.4. The highest BCUT2D eigenvalue weighted by Crippen LogP contribution is 2.37. The number of amides is 1. The fourth-order valence-corrected chi connectivity index (χ4v) is 5.73. The molecular weight excluding hydrogens is 422 g/mol. The molecule has 1 N–H and O–H groups in total. The van der Waals surface area contributed by atoms with E-state index in [9.17, 15) is 4.79 Å². The van der Waals surface area contributed by atoms with Crippen LogP contribution < -0.4 is 10.1 Å². The van der Waals surface area contributed by atoms with Gasteiger partial charge in [-0.1, -0.05) is 42.8 Å². The second kappa shape index (κ2) is 9.83. The molecule has 2 aromatic carbocycles. The predicted octanol–water partition coefficient (Wildman–Crippen LogP) is 5.07. The molecule has 0 bridgehead atoms. The van der Waals surface area contributed by atoms with Gasteiger partial charge >= 0.3 is 0 Å². The Bertz CT molecular complexity index is 1140. The molecule has 34 heavy (non-hydrogen) atoms. The van der Waals surface area contributed by atoms with Crippen molar-refractivity contribution >= 4 is 16.8 Å². The molecule has 1 fully saturated rings. The SMILES string of the molecule is C[C@H]1Oc2ccccc2CCCCC2(CCN(Cc3cc4ccccc4n3C)CC2)CNC1=O. The Balaban J connectivity index is 1.25. The highest BCUT2D eigenvalue weighted by Gasteiger charge is 2.35. The zero-order valence-electron chi connectivity index (χ0n) is 20.6. The van der Waals surface area contributed by atoms with Gasteiger partial charge in [0.2, 0.25) is 0 Å². The normalized spacial score (nSPS) is 21.8. The smallest absolute Gasteiger partial charge is 0.260 e. The van der Waals surface area contributed by atoms with Crippen LogP contribution in [0.1, 0.15) is 50.3 Å². The molecule has 1 aromatic heterocycles. The number of likely N-dealkylation sites (tertiary alicyclic amines) is 1. The molecule has 0 unspecified atom stereocenters. The van der Waals surface area contributed by atoms with Crippen LogP contribution in [0.5, 0.6) is 5.75 Å². The molecule has 5 heteroatoms. The highest BCUT2D eigenvalue weighted by molar-refractivity contribution is 5.81. The van der Waals surface area contributed by atoms with E-state index in [0.717, 1.165) is 57.6 Å². The van der Waals surface area contributed by atoms with Crippen molar-refractivity contribution in [3.8, 4) is 5.75 Å². The summed E-state index contributed by atoms with van der Waals surface area (Å²) in [5, 5.41) is 4.56. The number of piperidine rings is 1. The topological polar surface area (TPSA) is 46.5 Å². The molecule has 1 spiro atoms. The third-order valence-electron chi connectivity index (χ3n) is 8.04. The Morgan fingerprint density at radius 2 is 1.79 bits per heavy atom. The Kier molecular flexibility index (Phi) is 6.64. The van der Waals surface area contributed by atoms with Crippen LogP contribution >= 0.6 is 0 Å². The van der Waals surface area contributed by atoms with Crippen molar-refractivity contribution in [1.29, 1.82) is 0 Å². The summed E-state index contributed by atoms with van der Waals surface area (Å²) >= 11 is 0. The molecule has 2 aliphatic heterocycles. The number of rotatable bonds is 2. The Morgan fingerprint density at radius 1 is 1.03 bits per heavy atom. The number of carbonyl (C=O) groups excluding carboxylic acids is 1. The largest absolute Gasteiger partial charge is 0.481 e. The van der Waals surface area contributed by atoms with Crippen LogP contribution in [0.25, 0.3) is 10.9 Å². The number of hydrogen-bond donors (Lipinski definition) is 1. The van der Waals surface area contributed by atoms with Gasteiger partial charge in [-0.3, -0.25) is 9.69 Å². The van der Waals surface area contributed by atoms with Gasteiger partial charge in [0.1, 0.15) is 5.75 Å². The van der Waals surface area contributed by atoms with Gasteiger partial charge < -0.3 is 14.6 Å². The quantitative estimate of drug-likeness (QED) is 0.582. The summed E-state index contributed by atoms with van der Waals surface area (Å²) in [5.74, 6) is 0.842. The van der Waals surface area contributed by atoms with E-state index >= 15 is 0 Å². The fourth-order valence-electron chi connectivity index (χ4n) is 5.73. The summed E-state index contributed by atoms with van der Waals surface area (Å²) in [6.07, 6.45) is 6.30.